The van der Waals surface area contributed by atoms with Crippen molar-refractivity contribution in [3.8, 4) is 5.75 Å². The van der Waals surface area contributed by atoms with Crippen LogP contribution in [0.2, 0.25) is 5.02 Å². The lowest BCUT2D eigenvalue weighted by molar-refractivity contribution is -0.120. The Bertz CT molecular complexity index is 747. The van der Waals surface area contributed by atoms with Gasteiger partial charge in [0.05, 0.1) is 23.3 Å². The lowest BCUT2D eigenvalue weighted by Gasteiger charge is -2.05. The van der Waals surface area contributed by atoms with E-state index in [-0.39, 0.29) is 12.3 Å². The number of aromatic hydroxyl groups is 1. The highest BCUT2D eigenvalue weighted by Crippen LogP contribution is 2.14. The zero-order valence-electron chi connectivity index (χ0n) is 12.0. The molecule has 0 aliphatic heterocycles. The van der Waals surface area contributed by atoms with Gasteiger partial charge in [0.2, 0.25) is 0 Å². The minimum absolute atomic E-state index is 0.104. The van der Waals surface area contributed by atoms with Gasteiger partial charge in [-0.1, -0.05) is 35.9 Å². The zero-order valence-corrected chi connectivity index (χ0v) is 12.7. The van der Waals surface area contributed by atoms with Crippen molar-refractivity contribution < 1.29 is 14.7 Å². The van der Waals surface area contributed by atoms with Crippen molar-refractivity contribution in [2.24, 2.45) is 5.10 Å². The first-order chi connectivity index (χ1) is 11.1. The third-order valence-corrected chi connectivity index (χ3v) is 3.13. The largest absolute Gasteiger partial charge is 0.508 e. The van der Waals surface area contributed by atoms with Gasteiger partial charge < -0.3 is 10.4 Å². The molecule has 118 valence electrons. The second-order valence-electron chi connectivity index (χ2n) is 4.55. The molecule has 0 fully saturated rings. The summed E-state index contributed by atoms with van der Waals surface area (Å²) in [5.41, 5.74) is 3.20. The van der Waals surface area contributed by atoms with Crippen molar-refractivity contribution in [3.05, 3.63) is 64.7 Å². The topological polar surface area (TPSA) is 90.8 Å². The maximum Gasteiger partial charge on any atom is 0.259 e. The highest BCUT2D eigenvalue weighted by Gasteiger charge is 2.10. The Balaban J connectivity index is 1.81. The maximum absolute atomic E-state index is 11.9. The molecule has 2 aromatic rings. The first-order valence-electron chi connectivity index (χ1n) is 6.70. The molecule has 2 aromatic carbocycles. The van der Waals surface area contributed by atoms with Crippen LogP contribution in [0.25, 0.3) is 0 Å². The lowest BCUT2D eigenvalue weighted by atomic mass is 10.2. The first-order valence-corrected chi connectivity index (χ1v) is 7.08. The molecule has 2 rings (SSSR count). The van der Waals surface area contributed by atoms with Crippen LogP contribution in [0.3, 0.4) is 0 Å². The average molecular weight is 332 g/mol. The van der Waals surface area contributed by atoms with Gasteiger partial charge in [-0.05, 0) is 29.8 Å². The number of nitrogens with one attached hydrogen (secondary N) is 2. The molecule has 0 saturated heterocycles. The Morgan fingerprint density at radius 3 is 2.70 bits per heavy atom. The van der Waals surface area contributed by atoms with E-state index in [1.54, 1.807) is 36.4 Å². The van der Waals surface area contributed by atoms with E-state index in [1.165, 1.54) is 18.3 Å². The molecule has 0 aliphatic rings. The number of hydrazone groups is 1. The number of rotatable bonds is 5. The third kappa shape index (κ3) is 5.12. The summed E-state index contributed by atoms with van der Waals surface area (Å²) in [7, 11) is 0. The standard InChI is InChI=1S/C16H14ClN3O3/c17-14-7-2-1-6-13(14)16(23)18-10-15(22)20-19-9-11-4-3-5-12(21)8-11/h1-9,21H,10H2,(H,18,23)(H,20,22)/b19-9+. The fourth-order valence-corrected chi connectivity index (χ4v) is 1.95. The van der Waals surface area contributed by atoms with E-state index in [9.17, 15) is 14.7 Å². The summed E-state index contributed by atoms with van der Waals surface area (Å²) in [5.74, 6) is -0.822. The number of halogens is 1. The van der Waals surface area contributed by atoms with Gasteiger partial charge in [-0.25, -0.2) is 5.43 Å². The summed E-state index contributed by atoms with van der Waals surface area (Å²) in [5, 5.41) is 15.8. The van der Waals surface area contributed by atoms with Crippen LogP contribution in [0, 0.1) is 0 Å². The van der Waals surface area contributed by atoms with E-state index in [0.29, 0.717) is 16.1 Å². The molecule has 0 spiro atoms. The van der Waals surface area contributed by atoms with Crippen LogP contribution in [0.15, 0.2) is 53.6 Å². The van der Waals surface area contributed by atoms with Crippen LogP contribution in [0.5, 0.6) is 5.75 Å². The Kier molecular flexibility index (Phi) is 5.71. The smallest absolute Gasteiger partial charge is 0.259 e. The van der Waals surface area contributed by atoms with Gasteiger partial charge in [-0.2, -0.15) is 5.10 Å². The van der Waals surface area contributed by atoms with Crippen molar-refractivity contribution in [1.29, 1.82) is 0 Å². The number of carbonyl (C=O) groups is 2. The summed E-state index contributed by atoms with van der Waals surface area (Å²) in [6.45, 7) is -0.235. The predicted molar refractivity (Wildman–Crippen MR) is 87.6 cm³/mol. The number of amides is 2. The van der Waals surface area contributed by atoms with Crippen molar-refractivity contribution in [3.63, 3.8) is 0 Å². The van der Waals surface area contributed by atoms with E-state index in [2.05, 4.69) is 15.8 Å². The number of nitrogens with zero attached hydrogens (tertiary/aromatic N) is 1. The van der Waals surface area contributed by atoms with Gasteiger partial charge in [0, 0.05) is 0 Å². The quantitative estimate of drug-likeness (QED) is 0.577. The molecule has 7 heteroatoms. The van der Waals surface area contributed by atoms with Gasteiger partial charge in [0.25, 0.3) is 11.8 Å². The molecular weight excluding hydrogens is 318 g/mol. The molecule has 0 radical (unpaired) electrons. The molecule has 0 atom stereocenters. The molecule has 0 aliphatic carbocycles. The van der Waals surface area contributed by atoms with Crippen molar-refractivity contribution in [2.75, 3.05) is 6.54 Å². The summed E-state index contributed by atoms with van der Waals surface area (Å²) in [6, 6.07) is 12.9. The van der Waals surface area contributed by atoms with E-state index in [0.717, 1.165) is 0 Å². The molecule has 0 saturated carbocycles. The third-order valence-electron chi connectivity index (χ3n) is 2.80. The lowest BCUT2D eigenvalue weighted by Crippen LogP contribution is -2.35. The summed E-state index contributed by atoms with van der Waals surface area (Å²) >= 11 is 5.89. The molecule has 23 heavy (non-hydrogen) atoms. The maximum atomic E-state index is 11.9. The van der Waals surface area contributed by atoms with E-state index >= 15 is 0 Å². The van der Waals surface area contributed by atoms with Crippen LogP contribution < -0.4 is 10.7 Å². The van der Waals surface area contributed by atoms with Crippen LogP contribution in [-0.2, 0) is 4.79 Å². The summed E-state index contributed by atoms with van der Waals surface area (Å²) < 4.78 is 0. The molecule has 0 aromatic heterocycles. The number of hydrogen-bond acceptors (Lipinski definition) is 4. The number of phenols is 1. The number of benzene rings is 2. The molecule has 2 amide bonds. The number of hydrogen-bond donors (Lipinski definition) is 3. The van der Waals surface area contributed by atoms with E-state index < -0.39 is 11.8 Å². The number of carbonyl (C=O) groups excluding carboxylic acids is 2. The van der Waals surface area contributed by atoms with Crippen LogP contribution in [-0.4, -0.2) is 29.7 Å². The molecule has 6 nitrogen and oxygen atoms in total. The van der Waals surface area contributed by atoms with E-state index in [1.807, 2.05) is 0 Å². The van der Waals surface area contributed by atoms with Gasteiger partial charge in [0.15, 0.2) is 0 Å². The summed E-state index contributed by atoms with van der Waals surface area (Å²) in [4.78, 5) is 23.5. The van der Waals surface area contributed by atoms with Gasteiger partial charge in [-0.15, -0.1) is 0 Å². The van der Waals surface area contributed by atoms with Crippen LogP contribution in [0.1, 0.15) is 15.9 Å². The van der Waals surface area contributed by atoms with Crippen LogP contribution in [0.4, 0.5) is 0 Å². The molecule has 0 unspecified atom stereocenters. The Morgan fingerprint density at radius 2 is 1.96 bits per heavy atom. The van der Waals surface area contributed by atoms with Crippen molar-refractivity contribution in [2.45, 2.75) is 0 Å². The Labute approximate surface area is 137 Å². The Morgan fingerprint density at radius 1 is 1.17 bits per heavy atom. The summed E-state index contributed by atoms with van der Waals surface area (Å²) in [6.07, 6.45) is 1.38. The normalized spacial score (nSPS) is 10.5. The van der Waals surface area contributed by atoms with Gasteiger partial charge in [-0.3, -0.25) is 9.59 Å². The van der Waals surface area contributed by atoms with Gasteiger partial charge >= 0.3 is 0 Å². The highest BCUT2D eigenvalue weighted by molar-refractivity contribution is 6.33. The molecule has 3 N–H and O–H groups in total. The highest BCUT2D eigenvalue weighted by atomic mass is 35.5. The fourth-order valence-electron chi connectivity index (χ4n) is 1.72. The molecular formula is C16H14ClN3O3. The predicted octanol–water partition coefficient (Wildman–Crippen LogP) is 1.93. The minimum Gasteiger partial charge on any atom is -0.508 e. The average Bonchev–Trinajstić information content (AvgIpc) is 2.53. The van der Waals surface area contributed by atoms with Crippen LogP contribution >= 0.6 is 11.6 Å². The fraction of sp³-hybridized carbons (Fsp3) is 0.0625. The SMILES string of the molecule is O=C(CNC(=O)c1ccccc1Cl)N/N=C/c1cccc(O)c1. The van der Waals surface area contributed by atoms with E-state index in [4.69, 9.17) is 11.6 Å². The molecule has 0 heterocycles. The van der Waals surface area contributed by atoms with Gasteiger partial charge in [0.1, 0.15) is 5.75 Å². The Hall–Kier alpha value is -2.86. The second kappa shape index (κ2) is 7.95. The van der Waals surface area contributed by atoms with Crippen molar-refractivity contribution >= 4 is 29.6 Å². The second-order valence-corrected chi connectivity index (χ2v) is 4.96. The minimum atomic E-state index is -0.484. The number of phenolic OH excluding ortho intramolecular Hbond substituents is 1. The monoisotopic (exact) mass is 331 g/mol. The van der Waals surface area contributed by atoms with Crippen molar-refractivity contribution in [1.82, 2.24) is 10.7 Å². The zero-order chi connectivity index (χ0) is 16.7. The molecule has 0 bridgehead atoms. The first kappa shape index (κ1) is 16.5.